The Kier molecular flexibility index (Phi) is 6.49. The number of aromatic nitrogens is 2. The van der Waals surface area contributed by atoms with E-state index in [-0.39, 0.29) is 23.1 Å². The minimum atomic E-state index is -0.801. The van der Waals surface area contributed by atoms with E-state index >= 15 is 0 Å². The number of hydrogen-bond acceptors (Lipinski definition) is 3. The van der Waals surface area contributed by atoms with Gasteiger partial charge in [-0.05, 0) is 31.5 Å². The predicted octanol–water partition coefficient (Wildman–Crippen LogP) is 4.37. The lowest BCUT2D eigenvalue weighted by Crippen LogP contribution is -2.37. The number of carbonyl (C=O) groups is 1. The molecule has 0 bridgehead atoms. The molecule has 0 aliphatic carbocycles. The van der Waals surface area contributed by atoms with Gasteiger partial charge in [-0.3, -0.25) is 4.79 Å². The summed E-state index contributed by atoms with van der Waals surface area (Å²) < 4.78 is 33.5. The van der Waals surface area contributed by atoms with Crippen molar-refractivity contribution in [3.8, 4) is 5.75 Å². The number of ether oxygens (including phenoxy) is 1. The van der Waals surface area contributed by atoms with E-state index in [9.17, 15) is 13.6 Å². The van der Waals surface area contributed by atoms with Crippen LogP contribution in [0.4, 0.5) is 8.78 Å². The first-order valence-corrected chi connectivity index (χ1v) is 9.38. The topological polar surface area (TPSA) is 56.2 Å². The summed E-state index contributed by atoms with van der Waals surface area (Å²) in [7, 11) is 0. The van der Waals surface area contributed by atoms with E-state index in [0.29, 0.717) is 12.2 Å². The number of nitrogens with one attached hydrogen (secondary N) is 1. The summed E-state index contributed by atoms with van der Waals surface area (Å²) in [4.78, 5) is 12.7. The van der Waals surface area contributed by atoms with Crippen molar-refractivity contribution in [3.63, 3.8) is 0 Å². The first-order valence-electron chi connectivity index (χ1n) is 9.00. The fraction of sp³-hybridized carbons (Fsp3) is 0.238. The van der Waals surface area contributed by atoms with Gasteiger partial charge in [0.1, 0.15) is 17.6 Å². The van der Waals surface area contributed by atoms with Gasteiger partial charge in [-0.25, -0.2) is 13.5 Å². The lowest BCUT2D eigenvalue weighted by atomic mass is 10.2. The van der Waals surface area contributed by atoms with Crippen molar-refractivity contribution in [3.05, 3.63) is 82.1 Å². The van der Waals surface area contributed by atoms with Crippen molar-refractivity contribution in [2.75, 3.05) is 6.61 Å². The minimum Gasteiger partial charge on any atom is -0.488 e. The maximum Gasteiger partial charge on any atom is 0.256 e. The summed E-state index contributed by atoms with van der Waals surface area (Å²) in [5.74, 6) is -1.97. The zero-order valence-electron chi connectivity index (χ0n) is 16.0. The van der Waals surface area contributed by atoms with Crippen LogP contribution in [0.15, 0.2) is 48.5 Å². The molecule has 1 heterocycles. The van der Waals surface area contributed by atoms with Gasteiger partial charge in [-0.15, -0.1) is 0 Å². The van der Waals surface area contributed by atoms with Crippen molar-refractivity contribution in [2.45, 2.75) is 26.4 Å². The van der Waals surface area contributed by atoms with Crippen molar-refractivity contribution in [2.24, 2.45) is 0 Å². The van der Waals surface area contributed by atoms with Crippen LogP contribution in [0.25, 0.3) is 0 Å². The van der Waals surface area contributed by atoms with Gasteiger partial charge in [0, 0.05) is 6.07 Å². The van der Waals surface area contributed by atoms with E-state index in [2.05, 4.69) is 10.4 Å². The molecule has 0 saturated heterocycles. The highest BCUT2D eigenvalue weighted by Gasteiger charge is 2.22. The predicted molar refractivity (Wildman–Crippen MR) is 106 cm³/mol. The molecule has 1 amide bonds. The van der Waals surface area contributed by atoms with Crippen molar-refractivity contribution in [1.82, 2.24) is 15.1 Å². The summed E-state index contributed by atoms with van der Waals surface area (Å²) >= 11 is 6.39. The van der Waals surface area contributed by atoms with E-state index in [1.807, 2.05) is 30.3 Å². The second-order valence-corrected chi connectivity index (χ2v) is 7.01. The van der Waals surface area contributed by atoms with Gasteiger partial charge in [0.25, 0.3) is 5.91 Å². The zero-order chi connectivity index (χ0) is 21.0. The molecular formula is C21H20ClF2N3O2. The lowest BCUT2D eigenvalue weighted by molar-refractivity contribution is 0.0925. The molecule has 3 rings (SSSR count). The molecule has 0 spiro atoms. The fourth-order valence-corrected chi connectivity index (χ4v) is 3.14. The number of amides is 1. The quantitative estimate of drug-likeness (QED) is 0.618. The molecule has 1 unspecified atom stereocenters. The Hall–Kier alpha value is -2.93. The number of rotatable bonds is 7. The van der Waals surface area contributed by atoms with Crippen LogP contribution in [0.2, 0.25) is 5.15 Å². The maximum absolute atomic E-state index is 13.6. The van der Waals surface area contributed by atoms with Crippen LogP contribution in [0.5, 0.6) is 5.75 Å². The number of aryl methyl sites for hydroxylation is 1. The summed E-state index contributed by atoms with van der Waals surface area (Å²) in [6.45, 7) is 3.85. The Morgan fingerprint density at radius 1 is 1.24 bits per heavy atom. The average Bonchev–Trinajstić information content (AvgIpc) is 2.95. The van der Waals surface area contributed by atoms with Gasteiger partial charge in [-0.1, -0.05) is 41.9 Å². The third kappa shape index (κ3) is 5.12. The van der Waals surface area contributed by atoms with Crippen LogP contribution in [-0.4, -0.2) is 28.3 Å². The largest absolute Gasteiger partial charge is 0.488 e. The maximum atomic E-state index is 13.6. The van der Waals surface area contributed by atoms with E-state index in [1.165, 1.54) is 6.07 Å². The molecule has 0 aliphatic heterocycles. The molecule has 2 aromatic carbocycles. The molecule has 0 fully saturated rings. The molecule has 152 valence electrons. The standard InChI is InChI=1S/C21H20ClF2N3O2/c1-13(12-29-18-9-8-16(23)10-17(18)24)25-21(28)19-14(2)26-27(20(19)22)11-15-6-4-3-5-7-15/h3-10,13H,11-12H2,1-2H3,(H,25,28). The Morgan fingerprint density at radius 2 is 1.97 bits per heavy atom. The molecule has 0 aliphatic rings. The van der Waals surface area contributed by atoms with Crippen LogP contribution < -0.4 is 10.1 Å². The third-order valence-corrected chi connectivity index (χ3v) is 4.61. The van der Waals surface area contributed by atoms with Crippen molar-refractivity contribution in [1.29, 1.82) is 0 Å². The van der Waals surface area contributed by atoms with Crippen molar-refractivity contribution < 1.29 is 18.3 Å². The van der Waals surface area contributed by atoms with Gasteiger partial charge in [0.15, 0.2) is 11.6 Å². The Balaban J connectivity index is 1.64. The number of nitrogens with zero attached hydrogens (tertiary/aromatic N) is 2. The van der Waals surface area contributed by atoms with Crippen LogP contribution >= 0.6 is 11.6 Å². The minimum absolute atomic E-state index is 0.00309. The molecular weight excluding hydrogens is 400 g/mol. The zero-order valence-corrected chi connectivity index (χ0v) is 16.7. The van der Waals surface area contributed by atoms with Gasteiger partial charge in [0.05, 0.1) is 23.8 Å². The van der Waals surface area contributed by atoms with Gasteiger partial charge in [-0.2, -0.15) is 5.10 Å². The SMILES string of the molecule is Cc1nn(Cc2ccccc2)c(Cl)c1C(=O)NC(C)COc1ccc(F)cc1F. The summed E-state index contributed by atoms with van der Waals surface area (Å²) in [6, 6.07) is 12.2. The first-order chi connectivity index (χ1) is 13.8. The molecule has 0 radical (unpaired) electrons. The number of halogens is 3. The molecule has 0 saturated carbocycles. The highest BCUT2D eigenvalue weighted by Crippen LogP contribution is 2.21. The van der Waals surface area contributed by atoms with Gasteiger partial charge in [0.2, 0.25) is 0 Å². The lowest BCUT2D eigenvalue weighted by Gasteiger charge is -2.15. The molecule has 3 aromatic rings. The van der Waals surface area contributed by atoms with E-state index in [1.54, 1.807) is 18.5 Å². The Morgan fingerprint density at radius 3 is 2.66 bits per heavy atom. The monoisotopic (exact) mass is 419 g/mol. The molecule has 5 nitrogen and oxygen atoms in total. The van der Waals surface area contributed by atoms with Gasteiger partial charge >= 0.3 is 0 Å². The average molecular weight is 420 g/mol. The number of hydrogen-bond donors (Lipinski definition) is 1. The smallest absolute Gasteiger partial charge is 0.256 e. The highest BCUT2D eigenvalue weighted by atomic mass is 35.5. The second kappa shape index (κ2) is 9.05. The van der Waals surface area contributed by atoms with Crippen molar-refractivity contribution >= 4 is 17.5 Å². The molecule has 29 heavy (non-hydrogen) atoms. The fourth-order valence-electron chi connectivity index (χ4n) is 2.82. The number of carbonyl (C=O) groups excluding carboxylic acids is 1. The Bertz CT molecular complexity index is 1010. The van der Waals surface area contributed by atoms with Gasteiger partial charge < -0.3 is 10.1 Å². The van der Waals surface area contributed by atoms with E-state index < -0.39 is 23.6 Å². The Labute approximate surface area is 172 Å². The van der Waals surface area contributed by atoms with Crippen LogP contribution in [0, 0.1) is 18.6 Å². The summed E-state index contributed by atoms with van der Waals surface area (Å²) in [5, 5.41) is 7.35. The van der Waals surface area contributed by atoms with E-state index in [4.69, 9.17) is 16.3 Å². The second-order valence-electron chi connectivity index (χ2n) is 6.65. The molecule has 1 N–H and O–H groups in total. The highest BCUT2D eigenvalue weighted by molar-refractivity contribution is 6.33. The summed E-state index contributed by atoms with van der Waals surface area (Å²) in [5.41, 5.74) is 1.79. The van der Waals surface area contributed by atoms with Crippen LogP contribution in [-0.2, 0) is 6.54 Å². The first kappa shape index (κ1) is 20.8. The molecule has 1 atom stereocenters. The molecule has 1 aromatic heterocycles. The third-order valence-electron chi connectivity index (χ3n) is 4.23. The number of benzene rings is 2. The van der Waals surface area contributed by atoms with Crippen LogP contribution in [0.1, 0.15) is 28.5 Å². The summed E-state index contributed by atoms with van der Waals surface area (Å²) in [6.07, 6.45) is 0. The van der Waals surface area contributed by atoms with E-state index in [0.717, 1.165) is 17.7 Å². The van der Waals surface area contributed by atoms with Crippen LogP contribution in [0.3, 0.4) is 0 Å². The molecule has 8 heteroatoms. The normalized spacial score (nSPS) is 11.9.